The molecule has 0 fully saturated rings. The van der Waals surface area contributed by atoms with Crippen LogP contribution < -0.4 is 21.5 Å². The van der Waals surface area contributed by atoms with Crippen LogP contribution >= 0.6 is 0 Å². The molecule has 182 valence electrons. The molecular weight excluding hydrogens is 462 g/mol. The number of H-pyrrole nitrogens is 1. The Hall–Kier alpha value is -4.88. The van der Waals surface area contributed by atoms with Gasteiger partial charge in [0.05, 0.1) is 18.4 Å². The Morgan fingerprint density at radius 3 is 2.43 bits per heavy atom. The van der Waals surface area contributed by atoms with Crippen molar-refractivity contribution in [3.63, 3.8) is 0 Å². The maximum atomic E-state index is 12.3. The lowest BCUT2D eigenvalue weighted by Crippen LogP contribution is -2.41. The standard InChI is InChI=1S/C21H21N7O7/c1-10(29)24-21-27-17-16(19(33)28-21)25-13(9-23-17)8-22-12-4-2-11(3-5-12)18(32)26-14(20(34)35)6-7-15(30)31/h2-5,9,14,22H,6-8H2,1H3,(H,26,32)(H,30,31)(H,34,35)(H2,23,24,27,28,29,33)/t14-/m1/s1. The van der Waals surface area contributed by atoms with Gasteiger partial charge in [-0.05, 0) is 30.7 Å². The number of carbonyl (C=O) groups excluding carboxylic acids is 2. The Bertz CT molecular complexity index is 1340. The third-order valence-electron chi connectivity index (χ3n) is 4.63. The molecular formula is C21H21N7O7. The molecule has 0 spiro atoms. The van der Waals surface area contributed by atoms with Crippen LogP contribution in [0.2, 0.25) is 0 Å². The lowest BCUT2D eigenvalue weighted by Gasteiger charge is -2.14. The fourth-order valence-electron chi connectivity index (χ4n) is 2.96. The summed E-state index contributed by atoms with van der Waals surface area (Å²) in [4.78, 5) is 72.3. The van der Waals surface area contributed by atoms with E-state index < -0.39 is 41.8 Å². The summed E-state index contributed by atoms with van der Waals surface area (Å²) >= 11 is 0. The minimum Gasteiger partial charge on any atom is -0.481 e. The lowest BCUT2D eigenvalue weighted by molar-refractivity contribution is -0.140. The Kier molecular flexibility index (Phi) is 7.66. The number of aromatic nitrogens is 4. The number of benzene rings is 1. The topological polar surface area (TPSA) is 216 Å². The summed E-state index contributed by atoms with van der Waals surface area (Å²) in [5, 5.41) is 25.6. The van der Waals surface area contributed by atoms with Gasteiger partial charge in [-0.2, -0.15) is 4.98 Å². The third-order valence-corrected chi connectivity index (χ3v) is 4.63. The fourth-order valence-corrected chi connectivity index (χ4v) is 2.96. The highest BCUT2D eigenvalue weighted by Crippen LogP contribution is 2.12. The highest BCUT2D eigenvalue weighted by atomic mass is 16.4. The molecule has 0 aliphatic carbocycles. The number of nitrogens with one attached hydrogen (secondary N) is 4. The third kappa shape index (κ3) is 6.80. The number of hydrogen-bond acceptors (Lipinski definition) is 9. The minimum atomic E-state index is -1.32. The molecule has 1 aromatic carbocycles. The number of aromatic amines is 1. The number of amides is 2. The fraction of sp³-hybridized carbons (Fsp3) is 0.238. The van der Waals surface area contributed by atoms with Gasteiger partial charge in [-0.15, -0.1) is 0 Å². The number of fused-ring (bicyclic) bond motifs is 1. The van der Waals surface area contributed by atoms with Gasteiger partial charge in [0.25, 0.3) is 11.5 Å². The first-order valence-electron chi connectivity index (χ1n) is 10.3. The van der Waals surface area contributed by atoms with Crippen LogP contribution in [0.25, 0.3) is 11.2 Å². The maximum Gasteiger partial charge on any atom is 0.326 e. The second-order valence-electron chi connectivity index (χ2n) is 7.36. The van der Waals surface area contributed by atoms with Crippen molar-refractivity contribution in [1.82, 2.24) is 25.3 Å². The zero-order chi connectivity index (χ0) is 25.5. The Morgan fingerprint density at radius 2 is 1.80 bits per heavy atom. The molecule has 14 heteroatoms. The average Bonchev–Trinajstić information content (AvgIpc) is 2.80. The van der Waals surface area contributed by atoms with E-state index in [2.05, 4.69) is 35.9 Å². The van der Waals surface area contributed by atoms with Crippen molar-refractivity contribution >= 4 is 46.6 Å². The number of anilines is 2. The molecule has 0 aliphatic heterocycles. The van der Waals surface area contributed by atoms with E-state index in [-0.39, 0.29) is 35.6 Å². The van der Waals surface area contributed by atoms with Gasteiger partial charge in [0.2, 0.25) is 11.9 Å². The molecule has 3 aromatic rings. The van der Waals surface area contributed by atoms with Gasteiger partial charge in [0.15, 0.2) is 11.2 Å². The molecule has 0 bridgehead atoms. The first-order chi connectivity index (χ1) is 16.6. The first-order valence-corrected chi connectivity index (χ1v) is 10.3. The van der Waals surface area contributed by atoms with Gasteiger partial charge in [-0.3, -0.25) is 29.5 Å². The van der Waals surface area contributed by atoms with Crippen LogP contribution in [0.15, 0.2) is 35.3 Å². The molecule has 3 rings (SSSR count). The van der Waals surface area contributed by atoms with Crippen LogP contribution in [-0.2, 0) is 20.9 Å². The Labute approximate surface area is 196 Å². The molecule has 2 aromatic heterocycles. The Balaban J connectivity index is 1.63. The summed E-state index contributed by atoms with van der Waals surface area (Å²) in [6.45, 7) is 1.47. The quantitative estimate of drug-likeness (QED) is 0.231. The van der Waals surface area contributed by atoms with Gasteiger partial charge in [0.1, 0.15) is 6.04 Å². The number of carboxylic acid groups (broad SMARTS) is 2. The zero-order valence-corrected chi connectivity index (χ0v) is 18.4. The van der Waals surface area contributed by atoms with Crippen LogP contribution in [0.5, 0.6) is 0 Å². The van der Waals surface area contributed by atoms with Crippen molar-refractivity contribution in [3.8, 4) is 0 Å². The van der Waals surface area contributed by atoms with Crippen molar-refractivity contribution < 1.29 is 29.4 Å². The molecule has 0 unspecified atom stereocenters. The number of nitrogens with zero attached hydrogens (tertiary/aromatic N) is 3. The molecule has 1 atom stereocenters. The molecule has 2 amide bonds. The van der Waals surface area contributed by atoms with Gasteiger partial charge in [0, 0.05) is 24.6 Å². The molecule has 14 nitrogen and oxygen atoms in total. The van der Waals surface area contributed by atoms with E-state index >= 15 is 0 Å². The molecule has 2 heterocycles. The molecule has 6 N–H and O–H groups in total. The SMILES string of the molecule is CC(=O)Nc1nc2ncc(CNc3ccc(C(=O)N[C@H](CCC(=O)O)C(=O)O)cc3)nc2c(=O)[nH]1. The normalized spacial score (nSPS) is 11.5. The number of rotatable bonds is 10. The molecule has 0 saturated heterocycles. The van der Waals surface area contributed by atoms with E-state index in [1.54, 1.807) is 12.1 Å². The summed E-state index contributed by atoms with van der Waals surface area (Å²) in [6, 6.07) is 4.79. The second-order valence-corrected chi connectivity index (χ2v) is 7.36. The van der Waals surface area contributed by atoms with Gasteiger partial charge in [-0.25, -0.2) is 14.8 Å². The van der Waals surface area contributed by atoms with Gasteiger partial charge < -0.3 is 20.8 Å². The zero-order valence-electron chi connectivity index (χ0n) is 18.4. The highest BCUT2D eigenvalue weighted by molar-refractivity contribution is 5.97. The van der Waals surface area contributed by atoms with Crippen molar-refractivity contribution in [2.45, 2.75) is 32.4 Å². The highest BCUT2D eigenvalue weighted by Gasteiger charge is 2.21. The maximum absolute atomic E-state index is 12.3. The van der Waals surface area contributed by atoms with E-state index in [0.717, 1.165) is 0 Å². The van der Waals surface area contributed by atoms with Crippen molar-refractivity contribution in [1.29, 1.82) is 0 Å². The van der Waals surface area contributed by atoms with Crippen LogP contribution in [0, 0.1) is 0 Å². The summed E-state index contributed by atoms with van der Waals surface area (Å²) in [7, 11) is 0. The largest absolute Gasteiger partial charge is 0.481 e. The van der Waals surface area contributed by atoms with E-state index in [1.807, 2.05) is 0 Å². The summed E-state index contributed by atoms with van der Waals surface area (Å²) < 4.78 is 0. The number of aliphatic carboxylic acids is 2. The molecule has 0 aliphatic rings. The lowest BCUT2D eigenvalue weighted by atomic mass is 10.1. The van der Waals surface area contributed by atoms with Crippen LogP contribution in [0.3, 0.4) is 0 Å². The monoisotopic (exact) mass is 483 g/mol. The molecule has 0 saturated carbocycles. The predicted octanol–water partition coefficient (Wildman–Crippen LogP) is 0.331. The van der Waals surface area contributed by atoms with E-state index in [9.17, 15) is 24.0 Å². The van der Waals surface area contributed by atoms with Crippen molar-refractivity contribution in [2.75, 3.05) is 10.6 Å². The van der Waals surface area contributed by atoms with Gasteiger partial charge >= 0.3 is 11.9 Å². The summed E-state index contributed by atoms with van der Waals surface area (Å²) in [5.74, 6) is -3.57. The first kappa shape index (κ1) is 24.8. The van der Waals surface area contributed by atoms with E-state index in [1.165, 1.54) is 25.3 Å². The van der Waals surface area contributed by atoms with Crippen LogP contribution in [-0.4, -0.2) is 59.9 Å². The number of carbonyl (C=O) groups is 4. The molecule has 35 heavy (non-hydrogen) atoms. The Morgan fingerprint density at radius 1 is 1.09 bits per heavy atom. The second kappa shape index (κ2) is 10.8. The van der Waals surface area contributed by atoms with Crippen molar-refractivity contribution in [2.24, 2.45) is 0 Å². The van der Waals surface area contributed by atoms with Crippen molar-refractivity contribution in [3.05, 3.63) is 52.1 Å². The number of hydrogen-bond donors (Lipinski definition) is 6. The number of carboxylic acids is 2. The van der Waals surface area contributed by atoms with E-state index in [0.29, 0.717) is 11.4 Å². The van der Waals surface area contributed by atoms with E-state index in [4.69, 9.17) is 10.2 Å². The van der Waals surface area contributed by atoms with Gasteiger partial charge in [-0.1, -0.05) is 0 Å². The average molecular weight is 483 g/mol. The van der Waals surface area contributed by atoms with Crippen LogP contribution in [0.1, 0.15) is 35.8 Å². The minimum absolute atomic E-state index is 0.00121. The van der Waals surface area contributed by atoms with Crippen LogP contribution in [0.4, 0.5) is 11.6 Å². The molecule has 0 radical (unpaired) electrons. The predicted molar refractivity (Wildman–Crippen MR) is 122 cm³/mol. The summed E-state index contributed by atoms with van der Waals surface area (Å²) in [6.07, 6.45) is 0.788. The summed E-state index contributed by atoms with van der Waals surface area (Å²) in [5.41, 5.74) is 0.737. The smallest absolute Gasteiger partial charge is 0.326 e.